The van der Waals surface area contributed by atoms with Crippen LogP contribution in [-0.2, 0) is 9.53 Å². The van der Waals surface area contributed by atoms with Crippen molar-refractivity contribution in [2.24, 2.45) is 0 Å². The quantitative estimate of drug-likeness (QED) is 0.734. The van der Waals surface area contributed by atoms with Crippen molar-refractivity contribution < 1.29 is 14.6 Å². The Bertz CT molecular complexity index is 292. The topological polar surface area (TPSA) is 61.8 Å². The lowest BCUT2D eigenvalue weighted by atomic mass is 10.0. The Morgan fingerprint density at radius 1 is 1.26 bits per heavy atom. The minimum atomic E-state index is -0.317. The number of aliphatic hydroxyl groups excluding tert-OH is 1. The average Bonchev–Trinajstić information content (AvgIpc) is 2.64. The van der Waals surface area contributed by atoms with Gasteiger partial charge in [0, 0.05) is 19.1 Å². The van der Waals surface area contributed by atoms with Crippen LogP contribution in [0.15, 0.2) is 0 Å². The third-order valence-electron chi connectivity index (χ3n) is 4.14. The van der Waals surface area contributed by atoms with E-state index in [1.54, 1.807) is 0 Å². The van der Waals surface area contributed by atoms with E-state index in [1.165, 1.54) is 6.42 Å². The van der Waals surface area contributed by atoms with Crippen LogP contribution in [0.1, 0.15) is 39.0 Å². The largest absolute Gasteiger partial charge is 0.392 e. The fraction of sp³-hybridized carbons (Fsp3) is 0.929. The Morgan fingerprint density at radius 2 is 1.95 bits per heavy atom. The molecule has 1 amide bonds. The Balaban J connectivity index is 1.84. The highest BCUT2D eigenvalue weighted by molar-refractivity contribution is 5.81. The predicted octanol–water partition coefficient (Wildman–Crippen LogP) is 0.517. The summed E-state index contributed by atoms with van der Waals surface area (Å²) in [6.07, 6.45) is 4.89. The number of carbonyl (C=O) groups excluding carboxylic acids is 1. The maximum absolute atomic E-state index is 12.3. The molecule has 1 saturated heterocycles. The molecule has 1 aliphatic carbocycles. The molecular formula is C14H26N2O3. The second-order valence-electron chi connectivity index (χ2n) is 5.64. The van der Waals surface area contributed by atoms with Crippen molar-refractivity contribution in [2.75, 3.05) is 26.3 Å². The normalized spacial score (nSPS) is 30.7. The molecule has 110 valence electrons. The van der Waals surface area contributed by atoms with E-state index in [1.807, 2.05) is 11.8 Å². The summed E-state index contributed by atoms with van der Waals surface area (Å²) in [6.45, 7) is 4.51. The van der Waals surface area contributed by atoms with Crippen molar-refractivity contribution in [1.82, 2.24) is 10.2 Å². The molecule has 0 aromatic carbocycles. The highest BCUT2D eigenvalue weighted by Gasteiger charge is 2.28. The van der Waals surface area contributed by atoms with E-state index in [2.05, 4.69) is 5.32 Å². The van der Waals surface area contributed by atoms with Gasteiger partial charge in [-0.05, 0) is 19.8 Å². The van der Waals surface area contributed by atoms with Crippen LogP contribution in [0.4, 0.5) is 0 Å². The first-order valence-electron chi connectivity index (χ1n) is 7.49. The molecule has 0 aromatic heterocycles. The molecule has 2 aliphatic rings. The van der Waals surface area contributed by atoms with Gasteiger partial charge in [-0.25, -0.2) is 0 Å². The summed E-state index contributed by atoms with van der Waals surface area (Å²) in [5, 5.41) is 13.4. The molecule has 5 heteroatoms. The standard InChI is InChI=1S/C14H26N2O3/c1-11(14(18)16-7-9-19-10-8-16)15-12-5-3-2-4-6-13(12)17/h11-13,15,17H,2-10H2,1H3. The Kier molecular flexibility index (Phi) is 5.60. The fourth-order valence-electron chi connectivity index (χ4n) is 2.93. The van der Waals surface area contributed by atoms with Crippen molar-refractivity contribution in [3.8, 4) is 0 Å². The number of nitrogens with zero attached hydrogens (tertiary/aromatic N) is 1. The second kappa shape index (κ2) is 7.22. The van der Waals surface area contributed by atoms with E-state index in [0.717, 1.165) is 25.7 Å². The summed E-state index contributed by atoms with van der Waals surface area (Å²) in [4.78, 5) is 14.1. The van der Waals surface area contributed by atoms with Crippen molar-refractivity contribution in [1.29, 1.82) is 0 Å². The minimum absolute atomic E-state index is 0.0579. The average molecular weight is 270 g/mol. The molecule has 1 saturated carbocycles. The number of ether oxygens (including phenoxy) is 1. The summed E-state index contributed by atoms with van der Waals surface area (Å²) in [5.74, 6) is 0.125. The first-order valence-corrected chi connectivity index (χ1v) is 7.49. The zero-order valence-electron chi connectivity index (χ0n) is 11.8. The van der Waals surface area contributed by atoms with Crippen LogP contribution in [0.2, 0.25) is 0 Å². The van der Waals surface area contributed by atoms with Crippen LogP contribution >= 0.6 is 0 Å². The van der Waals surface area contributed by atoms with E-state index < -0.39 is 0 Å². The first kappa shape index (κ1) is 14.8. The van der Waals surface area contributed by atoms with Crippen molar-refractivity contribution in [3.05, 3.63) is 0 Å². The number of carbonyl (C=O) groups is 1. The lowest BCUT2D eigenvalue weighted by molar-refractivity contribution is -0.137. The molecule has 0 aromatic rings. The molecule has 1 aliphatic heterocycles. The van der Waals surface area contributed by atoms with Crippen molar-refractivity contribution in [2.45, 2.75) is 57.2 Å². The highest BCUT2D eigenvalue weighted by Crippen LogP contribution is 2.18. The maximum atomic E-state index is 12.3. The molecule has 5 nitrogen and oxygen atoms in total. The molecule has 19 heavy (non-hydrogen) atoms. The lowest BCUT2D eigenvalue weighted by Crippen LogP contribution is -2.53. The molecule has 2 fully saturated rings. The van der Waals surface area contributed by atoms with E-state index in [-0.39, 0.29) is 24.1 Å². The smallest absolute Gasteiger partial charge is 0.239 e. The van der Waals surface area contributed by atoms with Gasteiger partial charge in [0.05, 0.1) is 25.4 Å². The summed E-state index contributed by atoms with van der Waals surface area (Å²) in [5.41, 5.74) is 0. The van der Waals surface area contributed by atoms with Gasteiger partial charge in [-0.3, -0.25) is 4.79 Å². The van der Waals surface area contributed by atoms with E-state index in [4.69, 9.17) is 4.74 Å². The highest BCUT2D eigenvalue weighted by atomic mass is 16.5. The van der Waals surface area contributed by atoms with E-state index >= 15 is 0 Å². The van der Waals surface area contributed by atoms with E-state index in [0.29, 0.717) is 26.3 Å². The van der Waals surface area contributed by atoms with Crippen molar-refractivity contribution in [3.63, 3.8) is 0 Å². The summed E-state index contributed by atoms with van der Waals surface area (Å²) in [7, 11) is 0. The minimum Gasteiger partial charge on any atom is -0.392 e. The monoisotopic (exact) mass is 270 g/mol. The van der Waals surface area contributed by atoms with Crippen LogP contribution in [-0.4, -0.2) is 60.4 Å². The Labute approximate surface area is 115 Å². The summed E-state index contributed by atoms with van der Waals surface area (Å²) >= 11 is 0. The molecule has 1 heterocycles. The Hall–Kier alpha value is -0.650. The number of aliphatic hydroxyl groups is 1. The SMILES string of the molecule is CC(NC1CCCCCC1O)C(=O)N1CCOCC1. The van der Waals surface area contributed by atoms with Gasteiger partial charge in [0.25, 0.3) is 0 Å². The van der Waals surface area contributed by atoms with Crippen molar-refractivity contribution >= 4 is 5.91 Å². The molecule has 0 spiro atoms. The lowest BCUT2D eigenvalue weighted by Gasteiger charge is -2.32. The van der Waals surface area contributed by atoms with Gasteiger partial charge in [-0.2, -0.15) is 0 Å². The number of hydrogen-bond donors (Lipinski definition) is 2. The number of hydrogen-bond acceptors (Lipinski definition) is 4. The molecule has 3 atom stereocenters. The van der Waals surface area contributed by atoms with Crippen LogP contribution < -0.4 is 5.32 Å². The predicted molar refractivity (Wildman–Crippen MR) is 72.9 cm³/mol. The number of rotatable bonds is 3. The van der Waals surface area contributed by atoms with Gasteiger partial charge in [-0.1, -0.05) is 19.3 Å². The third-order valence-corrected chi connectivity index (χ3v) is 4.14. The van der Waals surface area contributed by atoms with Gasteiger partial charge in [-0.15, -0.1) is 0 Å². The zero-order valence-corrected chi connectivity index (χ0v) is 11.8. The van der Waals surface area contributed by atoms with E-state index in [9.17, 15) is 9.90 Å². The van der Waals surface area contributed by atoms with Gasteiger partial charge in [0.1, 0.15) is 0 Å². The number of nitrogens with one attached hydrogen (secondary N) is 1. The summed E-state index contributed by atoms with van der Waals surface area (Å²) in [6, 6.07) is -0.168. The van der Waals surface area contributed by atoms with Gasteiger partial charge < -0.3 is 20.1 Å². The second-order valence-corrected chi connectivity index (χ2v) is 5.64. The molecule has 2 N–H and O–H groups in total. The first-order chi connectivity index (χ1) is 9.18. The van der Waals surface area contributed by atoms with Crippen LogP contribution in [0, 0.1) is 0 Å². The zero-order chi connectivity index (χ0) is 13.7. The maximum Gasteiger partial charge on any atom is 0.239 e. The van der Waals surface area contributed by atoms with Gasteiger partial charge in [0.2, 0.25) is 5.91 Å². The van der Waals surface area contributed by atoms with Crippen LogP contribution in [0.3, 0.4) is 0 Å². The molecular weight excluding hydrogens is 244 g/mol. The van der Waals surface area contributed by atoms with Gasteiger partial charge in [0.15, 0.2) is 0 Å². The fourth-order valence-corrected chi connectivity index (χ4v) is 2.93. The number of amides is 1. The third kappa shape index (κ3) is 4.16. The number of morpholine rings is 1. The van der Waals surface area contributed by atoms with Crippen LogP contribution in [0.5, 0.6) is 0 Å². The van der Waals surface area contributed by atoms with Gasteiger partial charge >= 0.3 is 0 Å². The molecule has 3 unspecified atom stereocenters. The molecule has 0 bridgehead atoms. The molecule has 2 rings (SSSR count). The van der Waals surface area contributed by atoms with Crippen LogP contribution in [0.25, 0.3) is 0 Å². The Morgan fingerprint density at radius 3 is 2.68 bits per heavy atom. The molecule has 0 radical (unpaired) electrons. The summed E-state index contributed by atoms with van der Waals surface area (Å²) < 4.78 is 5.26.